The summed E-state index contributed by atoms with van der Waals surface area (Å²) in [6.45, 7) is 0.176. The number of anilines is 1. The minimum Gasteiger partial charge on any atom is -0.497 e. The zero-order valence-corrected chi connectivity index (χ0v) is 17.3. The fourth-order valence-corrected chi connectivity index (χ4v) is 3.74. The highest BCUT2D eigenvalue weighted by Crippen LogP contribution is 2.20. The fourth-order valence-electron chi connectivity index (χ4n) is 2.68. The molecule has 0 atom stereocenters. The van der Waals surface area contributed by atoms with Crippen LogP contribution in [0.25, 0.3) is 0 Å². The van der Waals surface area contributed by atoms with Gasteiger partial charge in [0.05, 0.1) is 16.9 Å². The van der Waals surface area contributed by atoms with Gasteiger partial charge in [0.1, 0.15) is 5.75 Å². The molecule has 0 heterocycles. The van der Waals surface area contributed by atoms with E-state index < -0.39 is 20.9 Å². The van der Waals surface area contributed by atoms with Crippen molar-refractivity contribution in [3.8, 4) is 5.75 Å². The molecule has 0 saturated carbocycles. The molecule has 10 heteroatoms. The van der Waals surface area contributed by atoms with Crippen molar-refractivity contribution in [3.05, 3.63) is 94.0 Å². The summed E-state index contributed by atoms with van der Waals surface area (Å²) in [6.07, 6.45) is 0. The first-order chi connectivity index (χ1) is 14.8. The van der Waals surface area contributed by atoms with Gasteiger partial charge in [0, 0.05) is 29.9 Å². The SMILES string of the molecule is COc1ccc(NS(=O)(=O)c2ccc(C(=O)NCc3ccc([N+](=O)[O-])cc3)cc2)cc1. The van der Waals surface area contributed by atoms with E-state index in [9.17, 15) is 23.3 Å². The van der Waals surface area contributed by atoms with E-state index >= 15 is 0 Å². The molecule has 0 fully saturated rings. The normalized spacial score (nSPS) is 10.9. The third-order valence-electron chi connectivity index (χ3n) is 4.37. The van der Waals surface area contributed by atoms with Crippen LogP contribution in [0.4, 0.5) is 11.4 Å². The maximum absolute atomic E-state index is 12.5. The Morgan fingerprint density at radius 2 is 1.58 bits per heavy atom. The number of hydrogen-bond acceptors (Lipinski definition) is 6. The lowest BCUT2D eigenvalue weighted by Gasteiger charge is -2.10. The molecule has 9 nitrogen and oxygen atoms in total. The molecule has 0 spiro atoms. The second-order valence-corrected chi connectivity index (χ2v) is 8.15. The van der Waals surface area contributed by atoms with Gasteiger partial charge in [-0.2, -0.15) is 0 Å². The third-order valence-corrected chi connectivity index (χ3v) is 5.77. The average Bonchev–Trinajstić information content (AvgIpc) is 2.78. The molecule has 160 valence electrons. The van der Waals surface area contributed by atoms with E-state index in [0.717, 1.165) is 0 Å². The molecule has 1 amide bonds. The quantitative estimate of drug-likeness (QED) is 0.408. The predicted molar refractivity (Wildman–Crippen MR) is 115 cm³/mol. The molecule has 2 N–H and O–H groups in total. The Kier molecular flexibility index (Phi) is 6.51. The van der Waals surface area contributed by atoms with Gasteiger partial charge >= 0.3 is 0 Å². The summed E-state index contributed by atoms with van der Waals surface area (Å²) < 4.78 is 32.6. The Balaban J connectivity index is 1.62. The number of nitrogens with zero attached hydrogens (tertiary/aromatic N) is 1. The van der Waals surface area contributed by atoms with Crippen LogP contribution in [0.1, 0.15) is 15.9 Å². The van der Waals surface area contributed by atoms with E-state index in [-0.39, 0.29) is 22.7 Å². The molecule has 0 radical (unpaired) electrons. The van der Waals surface area contributed by atoms with Crippen LogP contribution >= 0.6 is 0 Å². The first-order valence-electron chi connectivity index (χ1n) is 9.07. The highest BCUT2D eigenvalue weighted by molar-refractivity contribution is 7.92. The second-order valence-electron chi connectivity index (χ2n) is 6.46. The summed E-state index contributed by atoms with van der Waals surface area (Å²) in [5.41, 5.74) is 1.33. The molecule has 3 aromatic rings. The molecule has 3 rings (SSSR count). The number of ether oxygens (including phenoxy) is 1. The van der Waals surface area contributed by atoms with Gasteiger partial charge in [0.25, 0.3) is 21.6 Å². The topological polar surface area (TPSA) is 128 Å². The molecular formula is C21H19N3O6S. The summed E-state index contributed by atoms with van der Waals surface area (Å²) in [4.78, 5) is 22.5. The lowest BCUT2D eigenvalue weighted by atomic mass is 10.2. The zero-order chi connectivity index (χ0) is 22.4. The second kappa shape index (κ2) is 9.26. The van der Waals surface area contributed by atoms with Crippen molar-refractivity contribution in [2.75, 3.05) is 11.8 Å². The first-order valence-corrected chi connectivity index (χ1v) is 10.6. The van der Waals surface area contributed by atoms with Gasteiger partial charge in [-0.25, -0.2) is 8.42 Å². The number of nitro groups is 1. The highest BCUT2D eigenvalue weighted by Gasteiger charge is 2.15. The van der Waals surface area contributed by atoms with Crippen LogP contribution in [-0.4, -0.2) is 26.4 Å². The van der Waals surface area contributed by atoms with E-state index in [4.69, 9.17) is 4.74 Å². The molecule has 31 heavy (non-hydrogen) atoms. The van der Waals surface area contributed by atoms with Gasteiger partial charge < -0.3 is 10.1 Å². The van der Waals surface area contributed by atoms with Crippen LogP contribution in [0.2, 0.25) is 0 Å². The number of nitro benzene ring substituents is 1. The molecule has 0 aliphatic carbocycles. The van der Waals surface area contributed by atoms with Crippen LogP contribution in [0.15, 0.2) is 77.7 Å². The van der Waals surface area contributed by atoms with E-state index in [1.807, 2.05) is 0 Å². The number of methoxy groups -OCH3 is 1. The Labute approximate surface area is 178 Å². The van der Waals surface area contributed by atoms with Crippen LogP contribution in [0, 0.1) is 10.1 Å². The Hall–Kier alpha value is -3.92. The van der Waals surface area contributed by atoms with Gasteiger partial charge in [0.15, 0.2) is 0 Å². The molecule has 0 bridgehead atoms. The number of non-ortho nitro benzene ring substituents is 1. The van der Waals surface area contributed by atoms with E-state index in [1.165, 1.54) is 43.5 Å². The van der Waals surface area contributed by atoms with Crippen molar-refractivity contribution in [3.63, 3.8) is 0 Å². The number of nitrogens with one attached hydrogen (secondary N) is 2. The lowest BCUT2D eigenvalue weighted by Crippen LogP contribution is -2.23. The number of benzene rings is 3. The number of carbonyl (C=O) groups is 1. The Morgan fingerprint density at radius 1 is 0.968 bits per heavy atom. The van der Waals surface area contributed by atoms with Crippen molar-refractivity contribution in [2.45, 2.75) is 11.4 Å². The molecule has 0 aromatic heterocycles. The average molecular weight is 441 g/mol. The minimum absolute atomic E-state index is 0.00948. The van der Waals surface area contributed by atoms with E-state index in [1.54, 1.807) is 36.4 Å². The highest BCUT2D eigenvalue weighted by atomic mass is 32.2. The standard InChI is InChI=1S/C21H19N3O6S/c1-30-19-10-6-17(7-11-19)23-31(28,29)20-12-4-16(5-13-20)21(25)22-14-15-2-8-18(9-3-15)24(26)27/h2-13,23H,14H2,1H3,(H,22,25). The van der Waals surface area contributed by atoms with Crippen LogP contribution in [0.3, 0.4) is 0 Å². The number of carbonyl (C=O) groups excluding carboxylic acids is 1. The molecule has 0 unspecified atom stereocenters. The van der Waals surface area contributed by atoms with Gasteiger partial charge in [-0.3, -0.25) is 19.6 Å². The molecule has 0 aliphatic rings. The summed E-state index contributed by atoms with van der Waals surface area (Å²) in [5, 5.41) is 13.4. The number of amides is 1. The largest absolute Gasteiger partial charge is 0.497 e. The molecular weight excluding hydrogens is 422 g/mol. The smallest absolute Gasteiger partial charge is 0.269 e. The predicted octanol–water partition coefficient (Wildman–Crippen LogP) is 3.33. The van der Waals surface area contributed by atoms with E-state index in [0.29, 0.717) is 17.0 Å². The Bertz CT molecular complexity index is 1180. The van der Waals surface area contributed by atoms with Crippen molar-refractivity contribution in [2.24, 2.45) is 0 Å². The maximum Gasteiger partial charge on any atom is 0.269 e. The summed E-state index contributed by atoms with van der Waals surface area (Å²) in [5.74, 6) is 0.206. The number of hydrogen-bond donors (Lipinski definition) is 2. The lowest BCUT2D eigenvalue weighted by molar-refractivity contribution is -0.384. The molecule has 3 aromatic carbocycles. The van der Waals surface area contributed by atoms with Crippen molar-refractivity contribution in [1.82, 2.24) is 5.32 Å². The zero-order valence-electron chi connectivity index (χ0n) is 16.4. The van der Waals surface area contributed by atoms with Gasteiger partial charge in [-0.1, -0.05) is 12.1 Å². The van der Waals surface area contributed by atoms with Crippen molar-refractivity contribution >= 4 is 27.3 Å². The van der Waals surface area contributed by atoms with Crippen LogP contribution in [0.5, 0.6) is 5.75 Å². The number of rotatable bonds is 8. The summed E-state index contributed by atoms with van der Waals surface area (Å²) in [6, 6.07) is 17.8. The Morgan fingerprint density at radius 3 is 2.13 bits per heavy atom. The number of sulfonamides is 1. The van der Waals surface area contributed by atoms with Gasteiger partial charge in [-0.15, -0.1) is 0 Å². The van der Waals surface area contributed by atoms with Gasteiger partial charge in [-0.05, 0) is 54.1 Å². The van der Waals surface area contributed by atoms with E-state index in [2.05, 4.69) is 10.0 Å². The summed E-state index contributed by atoms with van der Waals surface area (Å²) in [7, 11) is -2.30. The monoisotopic (exact) mass is 441 g/mol. The fraction of sp³-hybridized carbons (Fsp3) is 0.0952. The van der Waals surface area contributed by atoms with Crippen molar-refractivity contribution < 1.29 is 22.9 Å². The van der Waals surface area contributed by atoms with Crippen LogP contribution in [-0.2, 0) is 16.6 Å². The summed E-state index contributed by atoms with van der Waals surface area (Å²) >= 11 is 0. The maximum atomic E-state index is 12.5. The minimum atomic E-state index is -3.82. The van der Waals surface area contributed by atoms with Crippen molar-refractivity contribution in [1.29, 1.82) is 0 Å². The van der Waals surface area contributed by atoms with Crippen LogP contribution < -0.4 is 14.8 Å². The third kappa shape index (κ3) is 5.58. The molecule has 0 saturated heterocycles. The van der Waals surface area contributed by atoms with Gasteiger partial charge in [0.2, 0.25) is 0 Å². The first kappa shape index (κ1) is 21.8. The molecule has 0 aliphatic heterocycles.